The molecular formula is C25H23NO3. The molecule has 0 saturated carbocycles. The number of nitrogens with one attached hydrogen (secondary N) is 1. The molecule has 4 nitrogen and oxygen atoms in total. The molecule has 0 atom stereocenters. The van der Waals surface area contributed by atoms with Gasteiger partial charge < -0.3 is 10.1 Å². The Balaban J connectivity index is 1.54. The van der Waals surface area contributed by atoms with Gasteiger partial charge in [-0.2, -0.15) is 0 Å². The van der Waals surface area contributed by atoms with E-state index in [1.165, 1.54) is 0 Å². The summed E-state index contributed by atoms with van der Waals surface area (Å²) < 4.78 is 6.07. The van der Waals surface area contributed by atoms with Crippen molar-refractivity contribution in [3.63, 3.8) is 0 Å². The van der Waals surface area contributed by atoms with Crippen molar-refractivity contribution in [3.05, 3.63) is 107 Å². The third-order valence-corrected chi connectivity index (χ3v) is 5.42. The van der Waals surface area contributed by atoms with Crippen LogP contribution in [0.2, 0.25) is 0 Å². The number of hydrogen-bond acceptors (Lipinski definition) is 4. The minimum Gasteiger partial charge on any atom is -0.450 e. The first-order valence-electron chi connectivity index (χ1n) is 9.87. The third-order valence-electron chi connectivity index (χ3n) is 5.42. The summed E-state index contributed by atoms with van der Waals surface area (Å²) in [5.41, 5.74) is 2.02. The van der Waals surface area contributed by atoms with E-state index in [0.29, 0.717) is 16.7 Å². The number of benzene rings is 3. The van der Waals surface area contributed by atoms with E-state index in [9.17, 15) is 9.59 Å². The highest BCUT2D eigenvalue weighted by atomic mass is 16.6. The zero-order valence-electron chi connectivity index (χ0n) is 16.1. The van der Waals surface area contributed by atoms with E-state index in [0.717, 1.165) is 31.5 Å². The molecule has 0 bridgehead atoms. The van der Waals surface area contributed by atoms with Crippen molar-refractivity contribution < 1.29 is 14.3 Å². The molecule has 0 radical (unpaired) electrons. The minimum absolute atomic E-state index is 0.0652. The first-order valence-corrected chi connectivity index (χ1v) is 9.87. The van der Waals surface area contributed by atoms with E-state index in [4.69, 9.17) is 4.74 Å². The van der Waals surface area contributed by atoms with Crippen LogP contribution in [-0.2, 0) is 10.3 Å². The summed E-state index contributed by atoms with van der Waals surface area (Å²) >= 11 is 0. The molecule has 3 aromatic carbocycles. The fourth-order valence-electron chi connectivity index (χ4n) is 3.77. The van der Waals surface area contributed by atoms with Crippen LogP contribution in [0.3, 0.4) is 0 Å². The van der Waals surface area contributed by atoms with Crippen LogP contribution >= 0.6 is 0 Å². The Morgan fingerprint density at radius 2 is 1.21 bits per heavy atom. The van der Waals surface area contributed by atoms with E-state index < -0.39 is 5.60 Å². The fraction of sp³-hybridized carbons (Fsp3) is 0.200. The van der Waals surface area contributed by atoms with Crippen LogP contribution in [0.25, 0.3) is 0 Å². The van der Waals surface area contributed by atoms with Gasteiger partial charge in [-0.05, 0) is 30.8 Å². The molecule has 4 rings (SSSR count). The Kier molecular flexibility index (Phi) is 5.54. The number of esters is 1. The van der Waals surface area contributed by atoms with Crippen molar-refractivity contribution in [1.29, 1.82) is 0 Å². The molecule has 4 heteroatoms. The number of hydrogen-bond donors (Lipinski definition) is 1. The predicted octanol–water partition coefficient (Wildman–Crippen LogP) is 4.35. The maximum absolute atomic E-state index is 12.9. The van der Waals surface area contributed by atoms with E-state index in [2.05, 4.69) is 5.32 Å². The van der Waals surface area contributed by atoms with Crippen molar-refractivity contribution in [2.45, 2.75) is 18.4 Å². The fourth-order valence-corrected chi connectivity index (χ4v) is 3.77. The van der Waals surface area contributed by atoms with Crippen LogP contribution in [0.15, 0.2) is 84.9 Å². The predicted molar refractivity (Wildman–Crippen MR) is 112 cm³/mol. The van der Waals surface area contributed by atoms with Crippen LogP contribution in [-0.4, -0.2) is 24.8 Å². The Morgan fingerprint density at radius 3 is 1.83 bits per heavy atom. The van der Waals surface area contributed by atoms with E-state index >= 15 is 0 Å². The minimum atomic E-state index is -0.623. The number of ether oxygens (including phenoxy) is 1. The van der Waals surface area contributed by atoms with Crippen molar-refractivity contribution in [2.75, 3.05) is 13.1 Å². The molecule has 1 heterocycles. The number of rotatable bonds is 5. The van der Waals surface area contributed by atoms with Gasteiger partial charge in [-0.15, -0.1) is 0 Å². The van der Waals surface area contributed by atoms with Crippen molar-refractivity contribution in [1.82, 2.24) is 5.32 Å². The molecule has 146 valence electrons. The van der Waals surface area contributed by atoms with Crippen LogP contribution in [0, 0.1) is 0 Å². The molecule has 0 amide bonds. The van der Waals surface area contributed by atoms with Gasteiger partial charge in [0, 0.05) is 24.0 Å². The van der Waals surface area contributed by atoms with Gasteiger partial charge in [-0.3, -0.25) is 4.79 Å². The molecule has 1 saturated heterocycles. The lowest BCUT2D eigenvalue weighted by Gasteiger charge is -2.37. The number of carbonyl (C=O) groups excluding carboxylic acids is 2. The van der Waals surface area contributed by atoms with E-state index in [1.54, 1.807) is 36.4 Å². The van der Waals surface area contributed by atoms with Gasteiger partial charge in [0.05, 0.1) is 5.56 Å². The first kappa shape index (κ1) is 19.1. The Morgan fingerprint density at radius 1 is 0.690 bits per heavy atom. The quantitative estimate of drug-likeness (QED) is 0.524. The van der Waals surface area contributed by atoms with Crippen LogP contribution < -0.4 is 5.32 Å². The number of ketones is 1. The highest BCUT2D eigenvalue weighted by Crippen LogP contribution is 2.35. The molecule has 1 aliphatic heterocycles. The highest BCUT2D eigenvalue weighted by Gasteiger charge is 2.38. The molecular weight excluding hydrogens is 362 g/mol. The second kappa shape index (κ2) is 8.41. The topological polar surface area (TPSA) is 55.4 Å². The summed E-state index contributed by atoms with van der Waals surface area (Å²) in [5, 5.41) is 3.33. The average molecular weight is 385 g/mol. The highest BCUT2D eigenvalue weighted by molar-refractivity contribution is 6.09. The van der Waals surface area contributed by atoms with Crippen LogP contribution in [0.4, 0.5) is 0 Å². The average Bonchev–Trinajstić information content (AvgIpc) is 2.80. The van der Waals surface area contributed by atoms with Crippen molar-refractivity contribution in [2.24, 2.45) is 0 Å². The number of carbonyl (C=O) groups is 2. The summed E-state index contributed by atoms with van der Waals surface area (Å²) in [6.07, 6.45) is 1.46. The molecule has 0 unspecified atom stereocenters. The summed E-state index contributed by atoms with van der Waals surface area (Å²) in [6, 6.07) is 25.7. The number of piperidine rings is 1. The largest absolute Gasteiger partial charge is 0.450 e. The van der Waals surface area contributed by atoms with Gasteiger partial charge in [-0.25, -0.2) is 4.79 Å². The van der Waals surface area contributed by atoms with Crippen molar-refractivity contribution >= 4 is 11.8 Å². The summed E-state index contributed by atoms with van der Waals surface area (Å²) in [7, 11) is 0. The second-order valence-corrected chi connectivity index (χ2v) is 7.27. The molecule has 1 aliphatic rings. The molecule has 29 heavy (non-hydrogen) atoms. The standard InChI is InChI=1S/C25H23NO3/c27-23(19-7-3-1-4-8-19)20-11-13-21(14-12-20)24(28)29-25(15-17-26-18-16-25)22-9-5-2-6-10-22/h1-14,26H,15-18H2. The van der Waals surface area contributed by atoms with Crippen LogP contribution in [0.5, 0.6) is 0 Å². The Hall–Kier alpha value is -3.24. The van der Waals surface area contributed by atoms with Crippen molar-refractivity contribution in [3.8, 4) is 0 Å². The first-order chi connectivity index (χ1) is 14.2. The van der Waals surface area contributed by atoms with E-state index in [-0.39, 0.29) is 11.8 Å². The zero-order chi connectivity index (χ0) is 20.1. The Bertz CT molecular complexity index is 976. The molecule has 0 spiro atoms. The summed E-state index contributed by atoms with van der Waals surface area (Å²) in [5.74, 6) is -0.431. The van der Waals surface area contributed by atoms with Gasteiger partial charge in [0.1, 0.15) is 5.60 Å². The SMILES string of the molecule is O=C(OC1(c2ccccc2)CCNCC1)c1ccc(C(=O)c2ccccc2)cc1. The monoisotopic (exact) mass is 385 g/mol. The lowest BCUT2D eigenvalue weighted by molar-refractivity contribution is -0.0378. The summed E-state index contributed by atoms with van der Waals surface area (Å²) in [6.45, 7) is 1.60. The van der Waals surface area contributed by atoms with Crippen LogP contribution in [0.1, 0.15) is 44.7 Å². The maximum Gasteiger partial charge on any atom is 0.339 e. The zero-order valence-corrected chi connectivity index (χ0v) is 16.1. The molecule has 0 aromatic heterocycles. The maximum atomic E-state index is 12.9. The van der Waals surface area contributed by atoms with Gasteiger partial charge in [0.2, 0.25) is 0 Å². The van der Waals surface area contributed by atoms with Gasteiger partial charge in [0.15, 0.2) is 5.78 Å². The van der Waals surface area contributed by atoms with Gasteiger partial charge >= 0.3 is 5.97 Å². The molecule has 3 aromatic rings. The lowest BCUT2D eigenvalue weighted by atomic mass is 9.84. The third kappa shape index (κ3) is 4.13. The molecule has 0 aliphatic carbocycles. The normalized spacial score (nSPS) is 15.4. The Labute approximate surface area is 170 Å². The molecule has 1 fully saturated rings. The smallest absolute Gasteiger partial charge is 0.339 e. The second-order valence-electron chi connectivity index (χ2n) is 7.27. The molecule has 1 N–H and O–H groups in total. The van der Waals surface area contributed by atoms with Gasteiger partial charge in [-0.1, -0.05) is 72.8 Å². The lowest BCUT2D eigenvalue weighted by Crippen LogP contribution is -2.43. The summed E-state index contributed by atoms with van der Waals surface area (Å²) in [4.78, 5) is 25.5. The van der Waals surface area contributed by atoms with Gasteiger partial charge in [0.25, 0.3) is 0 Å². The van der Waals surface area contributed by atoms with E-state index in [1.807, 2.05) is 48.5 Å².